The maximum atomic E-state index is 6.94. The minimum atomic E-state index is -0.997. The summed E-state index contributed by atoms with van der Waals surface area (Å²) >= 11 is 0. The van der Waals surface area contributed by atoms with Crippen molar-refractivity contribution in [3.8, 4) is 11.4 Å². The van der Waals surface area contributed by atoms with E-state index in [1.165, 1.54) is 53.9 Å². The van der Waals surface area contributed by atoms with Crippen molar-refractivity contribution in [3.05, 3.63) is 127 Å². The molecule has 0 saturated carbocycles. The van der Waals surface area contributed by atoms with Crippen LogP contribution >= 0.6 is 10.0 Å². The highest BCUT2D eigenvalue weighted by molar-refractivity contribution is 8.32. The van der Waals surface area contributed by atoms with Gasteiger partial charge in [0.1, 0.15) is 5.58 Å². The number of hydrogen-bond donors (Lipinski definition) is 0. The number of nitrogens with zero attached hydrogens (tertiary/aromatic N) is 2. The molecule has 0 fully saturated rings. The van der Waals surface area contributed by atoms with Gasteiger partial charge in [-0.15, -0.1) is 0 Å². The van der Waals surface area contributed by atoms with E-state index in [2.05, 4.69) is 155 Å². The third-order valence-electron chi connectivity index (χ3n) is 8.85. The number of furan rings is 1. The second kappa shape index (κ2) is 8.79. The van der Waals surface area contributed by atoms with Gasteiger partial charge in [-0.3, -0.25) is 0 Å². The standard InChI is InChI=1S/C39H30N2OS/c1-43(2,3)35-22-12-18-31-30-17-11-21-34(38(30)42-39(31)35)41-33-20-10-8-16-27(33)29-24-23-28-26-15-7-9-19-32(26)40(36(28)37(29)41)25-13-5-4-6-14-25/h4-24H,1-3H3. The second-order valence-electron chi connectivity index (χ2n) is 12.1. The van der Waals surface area contributed by atoms with Gasteiger partial charge in [0.2, 0.25) is 0 Å². The Kier molecular flexibility index (Phi) is 5.04. The molecule has 6 aromatic carbocycles. The summed E-state index contributed by atoms with van der Waals surface area (Å²) in [4.78, 5) is 1.31. The lowest BCUT2D eigenvalue weighted by atomic mass is 10.1. The molecule has 0 spiro atoms. The molecule has 9 aromatic rings. The molecular weight excluding hydrogens is 545 g/mol. The molecule has 0 aliphatic heterocycles. The van der Waals surface area contributed by atoms with Crippen LogP contribution in [0.5, 0.6) is 0 Å². The zero-order valence-corrected chi connectivity index (χ0v) is 25.2. The monoisotopic (exact) mass is 574 g/mol. The molecule has 3 heterocycles. The van der Waals surface area contributed by atoms with Gasteiger partial charge in [0.15, 0.2) is 5.58 Å². The van der Waals surface area contributed by atoms with Crippen LogP contribution in [0.4, 0.5) is 0 Å². The molecule has 4 heteroatoms. The van der Waals surface area contributed by atoms with E-state index in [-0.39, 0.29) is 0 Å². The Hall–Kier alpha value is -4.93. The van der Waals surface area contributed by atoms with E-state index < -0.39 is 10.0 Å². The third-order valence-corrected chi connectivity index (χ3v) is 10.5. The lowest BCUT2D eigenvalue weighted by Crippen LogP contribution is -1.98. The van der Waals surface area contributed by atoms with Gasteiger partial charge >= 0.3 is 0 Å². The summed E-state index contributed by atoms with van der Waals surface area (Å²) < 4.78 is 11.8. The van der Waals surface area contributed by atoms with Gasteiger partial charge in [0.05, 0.1) is 27.8 Å². The van der Waals surface area contributed by atoms with Crippen LogP contribution in [0.1, 0.15) is 0 Å². The van der Waals surface area contributed by atoms with Gasteiger partial charge in [-0.1, -0.05) is 91.0 Å². The fraction of sp³-hybridized carbons (Fsp3) is 0.0769. The molecule has 0 unspecified atom stereocenters. The molecule has 0 aliphatic carbocycles. The van der Waals surface area contributed by atoms with Crippen molar-refractivity contribution < 1.29 is 4.42 Å². The number of hydrogen-bond acceptors (Lipinski definition) is 1. The average molecular weight is 575 g/mol. The number of fused-ring (bicyclic) bond motifs is 10. The van der Waals surface area contributed by atoms with Gasteiger partial charge in [-0.25, -0.2) is 10.0 Å². The molecule has 3 aromatic heterocycles. The molecule has 0 aliphatic rings. The van der Waals surface area contributed by atoms with Crippen molar-refractivity contribution >= 4 is 75.6 Å². The van der Waals surface area contributed by atoms with Gasteiger partial charge in [-0.2, -0.15) is 0 Å². The minimum Gasteiger partial charge on any atom is -0.453 e. The summed E-state index contributed by atoms with van der Waals surface area (Å²) in [6.07, 6.45) is 7.01. The molecular formula is C39H30N2OS. The SMILES string of the molecule is CS(C)(C)c1cccc2c1oc1c(-n3c4ccccc4c4ccc5c6ccccc6n(-c6ccccc6)c5c43)cccc12. The Bertz CT molecular complexity index is 2540. The normalized spacial score (nSPS) is 12.9. The molecule has 3 nitrogen and oxygen atoms in total. The minimum absolute atomic E-state index is 0.927. The maximum Gasteiger partial charge on any atom is 0.159 e. The number of rotatable bonds is 3. The van der Waals surface area contributed by atoms with Crippen LogP contribution in [-0.2, 0) is 0 Å². The average Bonchev–Trinajstić information content (AvgIpc) is 3.69. The summed E-state index contributed by atoms with van der Waals surface area (Å²) in [5, 5.41) is 7.29. The molecule has 43 heavy (non-hydrogen) atoms. The van der Waals surface area contributed by atoms with E-state index in [4.69, 9.17) is 4.42 Å². The van der Waals surface area contributed by atoms with Crippen LogP contribution in [0.2, 0.25) is 0 Å². The van der Waals surface area contributed by atoms with Crippen LogP contribution in [0, 0.1) is 0 Å². The summed E-state index contributed by atoms with van der Waals surface area (Å²) in [7, 11) is -0.997. The van der Waals surface area contributed by atoms with E-state index in [9.17, 15) is 0 Å². The fourth-order valence-electron chi connectivity index (χ4n) is 7.03. The first-order valence-corrected chi connectivity index (χ1v) is 17.5. The summed E-state index contributed by atoms with van der Waals surface area (Å²) in [5.41, 5.74) is 8.91. The molecule has 208 valence electrons. The van der Waals surface area contributed by atoms with Gasteiger partial charge in [-0.05, 0) is 55.2 Å². The Morgan fingerprint density at radius 1 is 0.442 bits per heavy atom. The first-order chi connectivity index (χ1) is 21.0. The first kappa shape index (κ1) is 24.6. The first-order valence-electron chi connectivity index (χ1n) is 14.6. The molecule has 9 rings (SSSR count). The largest absolute Gasteiger partial charge is 0.453 e. The van der Waals surface area contributed by atoms with E-state index in [0.717, 1.165) is 27.9 Å². The Balaban J connectivity index is 1.52. The van der Waals surface area contributed by atoms with Crippen molar-refractivity contribution in [1.29, 1.82) is 0 Å². The zero-order chi connectivity index (χ0) is 28.9. The van der Waals surface area contributed by atoms with Crippen LogP contribution < -0.4 is 0 Å². The smallest absolute Gasteiger partial charge is 0.159 e. The second-order valence-corrected chi connectivity index (χ2v) is 16.2. The van der Waals surface area contributed by atoms with E-state index >= 15 is 0 Å². The van der Waals surface area contributed by atoms with Gasteiger partial charge < -0.3 is 13.6 Å². The van der Waals surface area contributed by atoms with Gasteiger partial charge in [0, 0.05) is 42.9 Å². The van der Waals surface area contributed by atoms with Crippen molar-refractivity contribution in [3.63, 3.8) is 0 Å². The van der Waals surface area contributed by atoms with Crippen LogP contribution in [0.15, 0.2) is 137 Å². The quantitative estimate of drug-likeness (QED) is 0.206. The highest BCUT2D eigenvalue weighted by Gasteiger charge is 2.24. The lowest BCUT2D eigenvalue weighted by molar-refractivity contribution is 0.657. The fourth-order valence-corrected chi connectivity index (χ4v) is 8.23. The van der Waals surface area contributed by atoms with E-state index in [0.29, 0.717) is 0 Å². The number of para-hydroxylation sites is 5. The topological polar surface area (TPSA) is 23.0 Å². The molecule has 0 radical (unpaired) electrons. The predicted octanol–water partition coefficient (Wildman–Crippen LogP) is 10.8. The highest BCUT2D eigenvalue weighted by atomic mass is 32.3. The lowest BCUT2D eigenvalue weighted by Gasteiger charge is -2.25. The predicted molar refractivity (Wildman–Crippen MR) is 186 cm³/mol. The van der Waals surface area contributed by atoms with Crippen LogP contribution in [0.25, 0.3) is 76.9 Å². The van der Waals surface area contributed by atoms with Crippen molar-refractivity contribution in [1.82, 2.24) is 9.13 Å². The zero-order valence-electron chi connectivity index (χ0n) is 24.3. The third kappa shape index (κ3) is 3.38. The Morgan fingerprint density at radius 2 is 0.977 bits per heavy atom. The highest BCUT2D eigenvalue weighted by Crippen LogP contribution is 2.51. The van der Waals surface area contributed by atoms with Crippen LogP contribution in [-0.4, -0.2) is 27.9 Å². The molecule has 0 N–H and O–H groups in total. The molecule has 0 bridgehead atoms. The van der Waals surface area contributed by atoms with Crippen molar-refractivity contribution in [2.24, 2.45) is 0 Å². The van der Waals surface area contributed by atoms with Gasteiger partial charge in [0.25, 0.3) is 0 Å². The van der Waals surface area contributed by atoms with Crippen molar-refractivity contribution in [2.45, 2.75) is 4.90 Å². The number of aromatic nitrogens is 2. The molecule has 0 atom stereocenters. The van der Waals surface area contributed by atoms with Crippen LogP contribution in [0.3, 0.4) is 0 Å². The molecule has 0 saturated heterocycles. The Morgan fingerprint density at radius 3 is 1.65 bits per heavy atom. The van der Waals surface area contributed by atoms with Crippen molar-refractivity contribution in [2.75, 3.05) is 18.8 Å². The summed E-state index contributed by atoms with van der Waals surface area (Å²) in [6.45, 7) is 0. The van der Waals surface area contributed by atoms with E-state index in [1.54, 1.807) is 0 Å². The number of benzene rings is 6. The summed E-state index contributed by atoms with van der Waals surface area (Å²) in [5.74, 6) is 0. The maximum absolute atomic E-state index is 6.94. The Labute approximate surface area is 250 Å². The van der Waals surface area contributed by atoms with E-state index in [1.807, 2.05) is 0 Å². The summed E-state index contributed by atoms with van der Waals surface area (Å²) in [6, 6.07) is 46.1. The molecule has 0 amide bonds.